The van der Waals surface area contributed by atoms with E-state index in [1.807, 2.05) is 0 Å². The highest BCUT2D eigenvalue weighted by Crippen LogP contribution is 2.20. The van der Waals surface area contributed by atoms with Crippen LogP contribution in [0.25, 0.3) is 0 Å². The van der Waals surface area contributed by atoms with Gasteiger partial charge in [-0.1, -0.05) is 13.3 Å². The molecule has 1 aromatic rings. The largest absolute Gasteiger partial charge is 0.303 e. The fraction of sp³-hybridized carbons (Fsp3) is 0.600. The number of pyridine rings is 1. The minimum atomic E-state index is -0.404. The number of Topliss-reactive ketones (excluding diaryl/α,β-unsaturated/α-hetero) is 1. The molecule has 0 aliphatic carbocycles. The summed E-state index contributed by atoms with van der Waals surface area (Å²) in [7, 11) is 0. The van der Waals surface area contributed by atoms with E-state index in [9.17, 15) is 9.18 Å². The summed E-state index contributed by atoms with van der Waals surface area (Å²) in [5.41, 5.74) is 0.366. The standard InChI is InChI=1S/C15H21FN2O/c1-2-3-12-6-8-18(11-12)9-7-15(19)14-5-4-13(16)10-17-14/h4-5,10,12H,2-3,6-9,11H2,1H3. The molecule has 0 spiro atoms. The predicted octanol–water partition coefficient (Wildman–Crippen LogP) is 2.92. The summed E-state index contributed by atoms with van der Waals surface area (Å²) in [5.74, 6) is 0.390. The van der Waals surface area contributed by atoms with Gasteiger partial charge in [0.25, 0.3) is 0 Å². The average molecular weight is 264 g/mol. The highest BCUT2D eigenvalue weighted by atomic mass is 19.1. The molecular formula is C15H21FN2O. The van der Waals surface area contributed by atoms with Crippen LogP contribution in [0.3, 0.4) is 0 Å². The maximum absolute atomic E-state index is 12.7. The number of halogens is 1. The van der Waals surface area contributed by atoms with Crippen LogP contribution < -0.4 is 0 Å². The number of rotatable bonds is 6. The molecule has 0 amide bonds. The fourth-order valence-corrected chi connectivity index (χ4v) is 2.69. The second-order valence-electron chi connectivity index (χ2n) is 5.28. The number of ketones is 1. The van der Waals surface area contributed by atoms with Crippen LogP contribution in [0.15, 0.2) is 18.3 Å². The van der Waals surface area contributed by atoms with Gasteiger partial charge in [-0.05, 0) is 37.4 Å². The summed E-state index contributed by atoms with van der Waals surface area (Å²) >= 11 is 0. The van der Waals surface area contributed by atoms with Crippen molar-refractivity contribution < 1.29 is 9.18 Å². The number of carbonyl (C=O) groups excluding carboxylic acids is 1. The van der Waals surface area contributed by atoms with Gasteiger partial charge in [0, 0.05) is 19.5 Å². The Labute approximate surface area is 113 Å². The first kappa shape index (κ1) is 14.1. The number of aromatic nitrogens is 1. The first-order valence-electron chi connectivity index (χ1n) is 7.06. The number of carbonyl (C=O) groups is 1. The fourth-order valence-electron chi connectivity index (χ4n) is 2.69. The molecule has 0 N–H and O–H groups in total. The van der Waals surface area contributed by atoms with Gasteiger partial charge < -0.3 is 4.90 Å². The van der Waals surface area contributed by atoms with E-state index in [2.05, 4.69) is 16.8 Å². The third kappa shape index (κ3) is 4.10. The van der Waals surface area contributed by atoms with E-state index in [1.165, 1.54) is 31.4 Å². The van der Waals surface area contributed by atoms with Crippen LogP contribution in [0.1, 0.15) is 43.1 Å². The highest BCUT2D eigenvalue weighted by Gasteiger charge is 2.22. The summed E-state index contributed by atoms with van der Waals surface area (Å²) < 4.78 is 12.7. The van der Waals surface area contributed by atoms with Crippen molar-refractivity contribution in [2.24, 2.45) is 5.92 Å². The molecule has 3 nitrogen and oxygen atoms in total. The van der Waals surface area contributed by atoms with Gasteiger partial charge in [-0.25, -0.2) is 4.39 Å². The van der Waals surface area contributed by atoms with Crippen LogP contribution in [0, 0.1) is 11.7 Å². The molecule has 0 saturated carbocycles. The zero-order valence-electron chi connectivity index (χ0n) is 11.4. The SMILES string of the molecule is CCCC1CCN(CCC(=O)c2ccc(F)cn2)C1. The maximum atomic E-state index is 12.7. The van der Waals surface area contributed by atoms with E-state index in [4.69, 9.17) is 0 Å². The molecule has 1 atom stereocenters. The van der Waals surface area contributed by atoms with Gasteiger partial charge in [0.05, 0.1) is 6.20 Å². The molecule has 0 radical (unpaired) electrons. The monoisotopic (exact) mass is 264 g/mol. The van der Waals surface area contributed by atoms with Crippen molar-refractivity contribution in [2.45, 2.75) is 32.6 Å². The molecule has 0 bridgehead atoms. The number of nitrogens with zero attached hydrogens (tertiary/aromatic N) is 2. The van der Waals surface area contributed by atoms with Gasteiger partial charge in [-0.2, -0.15) is 0 Å². The zero-order valence-corrected chi connectivity index (χ0v) is 11.4. The Morgan fingerprint density at radius 2 is 2.37 bits per heavy atom. The van der Waals surface area contributed by atoms with Crippen LogP contribution in [-0.2, 0) is 0 Å². The van der Waals surface area contributed by atoms with Crippen LogP contribution in [0.4, 0.5) is 4.39 Å². The van der Waals surface area contributed by atoms with E-state index in [0.717, 1.165) is 31.7 Å². The summed E-state index contributed by atoms with van der Waals surface area (Å²) in [6.45, 7) is 5.21. The lowest BCUT2D eigenvalue weighted by atomic mass is 10.0. The molecule has 1 aliphatic heterocycles. The van der Waals surface area contributed by atoms with E-state index in [0.29, 0.717) is 12.1 Å². The summed E-state index contributed by atoms with van der Waals surface area (Å²) in [6, 6.07) is 2.74. The van der Waals surface area contributed by atoms with Crippen molar-refractivity contribution in [1.29, 1.82) is 0 Å². The Balaban J connectivity index is 1.76. The topological polar surface area (TPSA) is 33.2 Å². The van der Waals surface area contributed by atoms with Gasteiger partial charge in [-0.3, -0.25) is 9.78 Å². The van der Waals surface area contributed by atoms with Crippen LogP contribution >= 0.6 is 0 Å². The van der Waals surface area contributed by atoms with E-state index in [1.54, 1.807) is 0 Å². The number of hydrogen-bond donors (Lipinski definition) is 0. The van der Waals surface area contributed by atoms with Crippen molar-refractivity contribution >= 4 is 5.78 Å². The van der Waals surface area contributed by atoms with Crippen LogP contribution in [0.5, 0.6) is 0 Å². The van der Waals surface area contributed by atoms with Crippen LogP contribution in [-0.4, -0.2) is 35.3 Å². The number of likely N-dealkylation sites (tertiary alicyclic amines) is 1. The Morgan fingerprint density at radius 3 is 3.05 bits per heavy atom. The molecule has 2 rings (SSSR count). The van der Waals surface area contributed by atoms with E-state index < -0.39 is 5.82 Å². The second kappa shape index (κ2) is 6.75. The Kier molecular flexibility index (Phi) is 5.02. The lowest BCUT2D eigenvalue weighted by Crippen LogP contribution is -2.24. The first-order valence-corrected chi connectivity index (χ1v) is 7.06. The first-order chi connectivity index (χ1) is 9.19. The van der Waals surface area contributed by atoms with E-state index >= 15 is 0 Å². The van der Waals surface area contributed by atoms with Gasteiger partial charge in [0.15, 0.2) is 5.78 Å². The molecule has 1 unspecified atom stereocenters. The normalized spacial score (nSPS) is 19.8. The summed E-state index contributed by atoms with van der Waals surface area (Å²) in [5, 5.41) is 0. The molecule has 104 valence electrons. The molecule has 1 saturated heterocycles. The van der Waals surface area contributed by atoms with Crippen LogP contribution in [0.2, 0.25) is 0 Å². The van der Waals surface area contributed by atoms with Crippen molar-refractivity contribution in [3.63, 3.8) is 0 Å². The third-order valence-corrected chi connectivity index (χ3v) is 3.74. The predicted molar refractivity (Wildman–Crippen MR) is 72.6 cm³/mol. The molecule has 2 heterocycles. The zero-order chi connectivity index (χ0) is 13.7. The molecule has 4 heteroatoms. The molecule has 1 aliphatic rings. The summed E-state index contributed by atoms with van der Waals surface area (Å²) in [6.07, 6.45) is 5.33. The maximum Gasteiger partial charge on any atom is 0.182 e. The van der Waals surface area contributed by atoms with Crippen molar-refractivity contribution in [2.75, 3.05) is 19.6 Å². The van der Waals surface area contributed by atoms with Gasteiger partial charge in [-0.15, -0.1) is 0 Å². The lowest BCUT2D eigenvalue weighted by molar-refractivity contribution is 0.0963. The van der Waals surface area contributed by atoms with Crippen molar-refractivity contribution in [3.8, 4) is 0 Å². The molecule has 1 aromatic heterocycles. The molecule has 19 heavy (non-hydrogen) atoms. The van der Waals surface area contributed by atoms with Gasteiger partial charge in [0.2, 0.25) is 0 Å². The Hall–Kier alpha value is -1.29. The molecular weight excluding hydrogens is 243 g/mol. The van der Waals surface area contributed by atoms with Gasteiger partial charge in [0.1, 0.15) is 11.5 Å². The second-order valence-corrected chi connectivity index (χ2v) is 5.28. The molecule has 1 fully saturated rings. The third-order valence-electron chi connectivity index (χ3n) is 3.74. The number of hydrogen-bond acceptors (Lipinski definition) is 3. The molecule has 0 aromatic carbocycles. The Morgan fingerprint density at radius 1 is 1.53 bits per heavy atom. The Bertz CT molecular complexity index is 419. The minimum absolute atomic E-state index is 0.000980. The van der Waals surface area contributed by atoms with Crippen molar-refractivity contribution in [3.05, 3.63) is 29.8 Å². The van der Waals surface area contributed by atoms with Crippen molar-refractivity contribution in [1.82, 2.24) is 9.88 Å². The van der Waals surface area contributed by atoms with Gasteiger partial charge >= 0.3 is 0 Å². The smallest absolute Gasteiger partial charge is 0.182 e. The summed E-state index contributed by atoms with van der Waals surface area (Å²) in [4.78, 5) is 18.1. The average Bonchev–Trinajstić information content (AvgIpc) is 2.85. The highest BCUT2D eigenvalue weighted by molar-refractivity contribution is 5.94. The quantitative estimate of drug-likeness (QED) is 0.741. The lowest BCUT2D eigenvalue weighted by Gasteiger charge is -2.15. The minimum Gasteiger partial charge on any atom is -0.303 e. The van der Waals surface area contributed by atoms with E-state index in [-0.39, 0.29) is 5.78 Å².